The minimum absolute atomic E-state index is 0.151. The van der Waals surface area contributed by atoms with Gasteiger partial charge in [-0.15, -0.1) is 0 Å². The summed E-state index contributed by atoms with van der Waals surface area (Å²) < 4.78 is 5.09. The molecule has 2 N–H and O–H groups in total. The third-order valence-corrected chi connectivity index (χ3v) is 2.51. The number of rotatable bonds is 2. The van der Waals surface area contributed by atoms with Crippen molar-refractivity contribution in [3.8, 4) is 5.75 Å². The van der Waals surface area contributed by atoms with Crippen LogP contribution in [0.25, 0.3) is 0 Å². The van der Waals surface area contributed by atoms with Crippen molar-refractivity contribution in [2.24, 2.45) is 0 Å². The van der Waals surface area contributed by atoms with Crippen LogP contribution in [0.3, 0.4) is 0 Å². The van der Waals surface area contributed by atoms with Crippen LogP contribution < -0.4 is 15.6 Å². The summed E-state index contributed by atoms with van der Waals surface area (Å²) in [5, 5.41) is 2.83. The van der Waals surface area contributed by atoms with Gasteiger partial charge in [-0.2, -0.15) is 0 Å². The average Bonchev–Trinajstić information content (AvgIpc) is 2.35. The standard InChI is InChI=1S/C11H15N4O2/c1-14-11(16)15(2)13-10(12-14)8-4-6-9(17-3)7-5-8/h4-7,12-13H,1-3H3. The highest BCUT2D eigenvalue weighted by atomic mass is 16.5. The van der Waals surface area contributed by atoms with E-state index in [-0.39, 0.29) is 6.03 Å². The molecule has 1 aromatic rings. The van der Waals surface area contributed by atoms with Gasteiger partial charge in [0.15, 0.2) is 6.17 Å². The summed E-state index contributed by atoms with van der Waals surface area (Å²) in [6.07, 6.45) is 0.747. The monoisotopic (exact) mass is 235 g/mol. The first-order valence-electron chi connectivity index (χ1n) is 5.18. The third-order valence-electron chi connectivity index (χ3n) is 2.51. The zero-order valence-corrected chi connectivity index (χ0v) is 10.0. The lowest BCUT2D eigenvalue weighted by atomic mass is 10.1. The number of nitrogens with one attached hydrogen (secondary N) is 2. The Morgan fingerprint density at radius 1 is 1.06 bits per heavy atom. The zero-order valence-electron chi connectivity index (χ0n) is 10.0. The predicted molar refractivity (Wildman–Crippen MR) is 62.5 cm³/mol. The molecule has 2 rings (SSSR count). The maximum atomic E-state index is 11.5. The molecule has 0 bridgehead atoms. The Hall–Kier alpha value is -1.79. The molecule has 1 aliphatic heterocycles. The Morgan fingerprint density at radius 2 is 1.59 bits per heavy atom. The first-order valence-corrected chi connectivity index (χ1v) is 5.18. The topological polar surface area (TPSA) is 56.8 Å². The molecule has 6 heteroatoms. The Labute approximate surface area is 100 Å². The van der Waals surface area contributed by atoms with E-state index in [0.717, 1.165) is 17.5 Å². The number of benzene rings is 1. The molecule has 0 atom stereocenters. The van der Waals surface area contributed by atoms with Gasteiger partial charge in [0.25, 0.3) is 0 Å². The van der Waals surface area contributed by atoms with E-state index in [2.05, 4.69) is 10.9 Å². The van der Waals surface area contributed by atoms with Crippen molar-refractivity contribution < 1.29 is 9.53 Å². The molecule has 0 unspecified atom stereocenters. The highest BCUT2D eigenvalue weighted by Crippen LogP contribution is 2.17. The number of methoxy groups -OCH3 is 1. The van der Waals surface area contributed by atoms with Crippen LogP contribution in [-0.2, 0) is 0 Å². The van der Waals surface area contributed by atoms with Gasteiger partial charge in [0, 0.05) is 14.1 Å². The van der Waals surface area contributed by atoms with E-state index >= 15 is 0 Å². The molecule has 1 aromatic carbocycles. The predicted octanol–water partition coefficient (Wildman–Crippen LogP) is 0.539. The molecule has 1 fully saturated rings. The molecule has 6 nitrogen and oxygen atoms in total. The van der Waals surface area contributed by atoms with Gasteiger partial charge < -0.3 is 4.74 Å². The summed E-state index contributed by atoms with van der Waals surface area (Å²) in [6, 6.07) is 7.39. The number of carbonyl (C=O) groups is 1. The van der Waals surface area contributed by atoms with Crippen molar-refractivity contribution in [1.82, 2.24) is 20.9 Å². The fraction of sp³-hybridized carbons (Fsp3) is 0.273. The molecule has 1 aliphatic rings. The zero-order chi connectivity index (χ0) is 12.4. The van der Waals surface area contributed by atoms with E-state index in [1.807, 2.05) is 24.3 Å². The molecule has 0 aromatic heterocycles. The summed E-state index contributed by atoms with van der Waals surface area (Å²) in [4.78, 5) is 11.5. The van der Waals surface area contributed by atoms with Crippen LogP contribution in [0.15, 0.2) is 24.3 Å². The Kier molecular flexibility index (Phi) is 3.16. The Morgan fingerprint density at radius 3 is 2.06 bits per heavy atom. The average molecular weight is 235 g/mol. The second kappa shape index (κ2) is 4.60. The van der Waals surface area contributed by atoms with E-state index in [4.69, 9.17) is 4.74 Å². The van der Waals surface area contributed by atoms with Crippen molar-refractivity contribution in [3.63, 3.8) is 0 Å². The molecule has 0 saturated carbocycles. The highest BCUT2D eigenvalue weighted by Gasteiger charge is 2.27. The summed E-state index contributed by atoms with van der Waals surface area (Å²) in [7, 11) is 4.96. The lowest BCUT2D eigenvalue weighted by Crippen LogP contribution is -2.62. The number of hydrogen-bond acceptors (Lipinski definition) is 4. The van der Waals surface area contributed by atoms with Crippen molar-refractivity contribution >= 4 is 6.03 Å². The van der Waals surface area contributed by atoms with Gasteiger partial charge in [0.05, 0.1) is 7.11 Å². The lowest BCUT2D eigenvalue weighted by Gasteiger charge is -2.37. The van der Waals surface area contributed by atoms with Gasteiger partial charge in [0.1, 0.15) is 5.75 Å². The van der Waals surface area contributed by atoms with Gasteiger partial charge in [-0.3, -0.25) is 10.0 Å². The molecule has 2 amide bonds. The van der Waals surface area contributed by atoms with E-state index in [9.17, 15) is 4.79 Å². The third kappa shape index (κ3) is 2.32. The van der Waals surface area contributed by atoms with Crippen LogP contribution in [0.1, 0.15) is 5.56 Å². The summed E-state index contributed by atoms with van der Waals surface area (Å²) in [5.41, 5.74) is 6.86. The van der Waals surface area contributed by atoms with Crippen LogP contribution in [0.4, 0.5) is 4.79 Å². The number of ether oxygens (including phenoxy) is 1. The minimum atomic E-state index is -0.151. The van der Waals surface area contributed by atoms with Crippen molar-refractivity contribution in [2.45, 2.75) is 0 Å². The summed E-state index contributed by atoms with van der Waals surface area (Å²) in [5.74, 6) is 0.794. The number of hydrazine groups is 2. The first-order chi connectivity index (χ1) is 8.11. The Balaban J connectivity index is 2.14. The number of urea groups is 1. The maximum absolute atomic E-state index is 11.5. The normalized spacial score (nSPS) is 17.5. The summed E-state index contributed by atoms with van der Waals surface area (Å²) >= 11 is 0. The van der Waals surface area contributed by atoms with Crippen LogP contribution in [-0.4, -0.2) is 37.3 Å². The second-order valence-corrected chi connectivity index (χ2v) is 3.73. The number of carbonyl (C=O) groups excluding carboxylic acids is 1. The Bertz CT molecular complexity index is 392. The van der Waals surface area contributed by atoms with Crippen molar-refractivity contribution in [3.05, 3.63) is 36.0 Å². The molecular weight excluding hydrogens is 220 g/mol. The summed E-state index contributed by atoms with van der Waals surface area (Å²) in [6.45, 7) is 0. The van der Waals surface area contributed by atoms with Crippen LogP contribution in [0.5, 0.6) is 5.75 Å². The maximum Gasteiger partial charge on any atom is 0.348 e. The fourth-order valence-corrected chi connectivity index (χ4v) is 1.57. The van der Waals surface area contributed by atoms with Gasteiger partial charge in [-0.25, -0.2) is 15.6 Å². The van der Waals surface area contributed by atoms with Gasteiger partial charge in [-0.1, -0.05) is 12.1 Å². The number of hydrogen-bond donors (Lipinski definition) is 2. The van der Waals surface area contributed by atoms with Crippen LogP contribution >= 0.6 is 0 Å². The molecule has 91 valence electrons. The highest BCUT2D eigenvalue weighted by molar-refractivity contribution is 5.74. The number of nitrogens with zero attached hydrogens (tertiary/aromatic N) is 2. The van der Waals surface area contributed by atoms with E-state index in [1.54, 1.807) is 21.2 Å². The van der Waals surface area contributed by atoms with Crippen molar-refractivity contribution in [1.29, 1.82) is 0 Å². The molecule has 1 saturated heterocycles. The van der Waals surface area contributed by atoms with E-state index in [0.29, 0.717) is 0 Å². The quantitative estimate of drug-likeness (QED) is 0.785. The molecule has 17 heavy (non-hydrogen) atoms. The minimum Gasteiger partial charge on any atom is -0.497 e. The fourth-order valence-electron chi connectivity index (χ4n) is 1.57. The van der Waals surface area contributed by atoms with Gasteiger partial charge in [0.2, 0.25) is 0 Å². The largest absolute Gasteiger partial charge is 0.497 e. The van der Waals surface area contributed by atoms with Crippen LogP contribution in [0.2, 0.25) is 0 Å². The molecule has 0 aliphatic carbocycles. The van der Waals surface area contributed by atoms with E-state index < -0.39 is 0 Å². The second-order valence-electron chi connectivity index (χ2n) is 3.73. The smallest absolute Gasteiger partial charge is 0.348 e. The van der Waals surface area contributed by atoms with Gasteiger partial charge >= 0.3 is 6.03 Å². The van der Waals surface area contributed by atoms with Gasteiger partial charge in [-0.05, 0) is 17.7 Å². The lowest BCUT2D eigenvalue weighted by molar-refractivity contribution is 0.100. The molecule has 0 spiro atoms. The first kappa shape index (κ1) is 11.7. The molecular formula is C11H15N4O2. The number of amides is 2. The van der Waals surface area contributed by atoms with Crippen LogP contribution in [0, 0.1) is 6.17 Å². The van der Waals surface area contributed by atoms with E-state index in [1.165, 1.54) is 10.0 Å². The molecule has 1 radical (unpaired) electrons. The SMILES string of the molecule is COc1ccc([C]2NN(C)C(=O)N(C)N2)cc1. The van der Waals surface area contributed by atoms with Crippen molar-refractivity contribution in [2.75, 3.05) is 21.2 Å². The molecule has 1 heterocycles.